The maximum absolute atomic E-state index is 11.5. The first-order valence-electron chi connectivity index (χ1n) is 15.6. The molecule has 3 nitrogen and oxygen atoms in total. The van der Waals surface area contributed by atoms with E-state index in [1.807, 2.05) is 12.1 Å². The molecule has 2 heterocycles. The molecule has 0 unspecified atom stereocenters. The summed E-state index contributed by atoms with van der Waals surface area (Å²) in [7, 11) is 0. The van der Waals surface area contributed by atoms with Gasteiger partial charge in [0.25, 0.3) is 0 Å². The van der Waals surface area contributed by atoms with Crippen LogP contribution in [0.4, 0.5) is 34.1 Å². The van der Waals surface area contributed by atoms with Gasteiger partial charge in [0, 0.05) is 0 Å². The van der Waals surface area contributed by atoms with Gasteiger partial charge >= 0.3 is 295 Å². The zero-order valence-corrected chi connectivity index (χ0v) is 29.9. The van der Waals surface area contributed by atoms with Gasteiger partial charge in [-0.3, -0.25) is 0 Å². The summed E-state index contributed by atoms with van der Waals surface area (Å²) >= 11 is -1.20. The molecule has 0 aliphatic heterocycles. The summed E-state index contributed by atoms with van der Waals surface area (Å²) in [5.41, 5.74) is 6.34. The molecule has 0 radical (unpaired) electrons. The average Bonchev–Trinajstić information content (AvgIpc) is 3.69. The van der Waals surface area contributed by atoms with E-state index >= 15 is 0 Å². The molecule has 5 heteroatoms. The zero-order chi connectivity index (χ0) is 31.3. The van der Waals surface area contributed by atoms with E-state index in [-0.39, 0.29) is 5.75 Å². The summed E-state index contributed by atoms with van der Waals surface area (Å²) in [4.78, 5) is 4.67. The van der Waals surface area contributed by atoms with Gasteiger partial charge in [-0.05, 0) is 0 Å². The van der Waals surface area contributed by atoms with Crippen molar-refractivity contribution in [2.45, 2.75) is 0 Å². The van der Waals surface area contributed by atoms with E-state index in [1.165, 1.54) is 46.5 Å². The van der Waals surface area contributed by atoms with Crippen LogP contribution < -0.4 is 9.80 Å². The topological polar surface area (TPSA) is 26.7 Å². The van der Waals surface area contributed by atoms with Crippen molar-refractivity contribution in [2.75, 3.05) is 9.80 Å². The van der Waals surface area contributed by atoms with Crippen molar-refractivity contribution < 1.29 is 5.11 Å². The van der Waals surface area contributed by atoms with E-state index in [9.17, 15) is 5.11 Å². The molecule has 7 aromatic carbocycles. The van der Waals surface area contributed by atoms with Crippen molar-refractivity contribution in [1.82, 2.24) is 0 Å². The molecular formula is C42H28N2OTe2. The van der Waals surface area contributed by atoms with Gasteiger partial charge in [-0.15, -0.1) is 0 Å². The fourth-order valence-electron chi connectivity index (χ4n) is 6.66. The SMILES string of the molecule is Oc1cc(N(c2ccccc2)c2cccc3c2[te]c2ccccc23)cc(N(c2ccccc2)c2cccc3c2[te]c2ccccc23)c1. The van der Waals surface area contributed by atoms with E-state index in [0.717, 1.165) is 22.7 Å². The van der Waals surface area contributed by atoms with Crippen molar-refractivity contribution in [3.63, 3.8) is 0 Å². The molecule has 9 rings (SSSR count). The molecule has 0 aliphatic carbocycles. The minimum atomic E-state index is -0.602. The first-order valence-corrected chi connectivity index (χ1v) is 20.2. The van der Waals surface area contributed by atoms with Crippen LogP contribution >= 0.6 is 0 Å². The Balaban J connectivity index is 1.29. The van der Waals surface area contributed by atoms with E-state index < -0.39 is 40.9 Å². The number of rotatable bonds is 6. The van der Waals surface area contributed by atoms with Gasteiger partial charge in [-0.1, -0.05) is 0 Å². The Hall–Kier alpha value is -4.48. The number of fused-ring (bicyclic) bond motifs is 6. The number of nitrogens with zero attached hydrogens (tertiary/aromatic N) is 2. The third-order valence-electron chi connectivity index (χ3n) is 8.68. The van der Waals surface area contributed by atoms with Crippen LogP contribution in [-0.4, -0.2) is 46.0 Å². The summed E-state index contributed by atoms with van der Waals surface area (Å²) < 4.78 is 5.81. The molecular weight excluding hydrogens is 804 g/mol. The predicted molar refractivity (Wildman–Crippen MR) is 201 cm³/mol. The second-order valence-electron chi connectivity index (χ2n) is 11.6. The van der Waals surface area contributed by atoms with Gasteiger partial charge < -0.3 is 0 Å². The van der Waals surface area contributed by atoms with Crippen LogP contribution in [0.25, 0.3) is 35.2 Å². The quantitative estimate of drug-likeness (QED) is 0.169. The van der Waals surface area contributed by atoms with E-state index in [0.29, 0.717) is 0 Å². The number of benzene rings is 7. The van der Waals surface area contributed by atoms with E-state index in [4.69, 9.17) is 0 Å². The number of phenolic OH excluding ortho intramolecular Hbond substituents is 1. The van der Waals surface area contributed by atoms with Crippen LogP contribution in [0, 0.1) is 0 Å². The molecule has 0 saturated carbocycles. The molecule has 0 amide bonds. The molecule has 9 aromatic rings. The Bertz CT molecular complexity index is 2380. The zero-order valence-electron chi connectivity index (χ0n) is 25.2. The molecule has 0 saturated heterocycles. The van der Waals surface area contributed by atoms with Gasteiger partial charge in [0.05, 0.1) is 0 Å². The Morgan fingerprint density at radius 1 is 0.362 bits per heavy atom. The van der Waals surface area contributed by atoms with Crippen molar-refractivity contribution in [3.05, 3.63) is 164 Å². The number of para-hydroxylation sites is 2. The van der Waals surface area contributed by atoms with Crippen LogP contribution in [0.15, 0.2) is 164 Å². The molecule has 0 bridgehead atoms. The number of hydrogen-bond acceptors (Lipinski definition) is 3. The van der Waals surface area contributed by atoms with Crippen LogP contribution in [0.5, 0.6) is 5.75 Å². The minimum absolute atomic E-state index is 0.235. The number of anilines is 6. The predicted octanol–water partition coefficient (Wildman–Crippen LogP) is 11.1. The second-order valence-corrected chi connectivity index (χ2v) is 17.6. The molecule has 0 atom stereocenters. The molecule has 2 aromatic heterocycles. The third-order valence-corrected chi connectivity index (χ3v) is 15.6. The van der Waals surface area contributed by atoms with Crippen molar-refractivity contribution in [1.29, 1.82) is 0 Å². The molecule has 0 aliphatic rings. The first-order chi connectivity index (χ1) is 23.2. The van der Waals surface area contributed by atoms with Crippen molar-refractivity contribution >= 4 is 110 Å². The fourth-order valence-corrected chi connectivity index (χ4v) is 13.5. The van der Waals surface area contributed by atoms with Crippen LogP contribution in [-0.2, 0) is 0 Å². The monoisotopic (exact) mass is 836 g/mol. The van der Waals surface area contributed by atoms with Crippen LogP contribution in [0.3, 0.4) is 0 Å². The second kappa shape index (κ2) is 12.0. The summed E-state index contributed by atoms with van der Waals surface area (Å²) in [5, 5.41) is 16.9. The Labute approximate surface area is 292 Å². The number of hydrogen-bond donors (Lipinski definition) is 1. The van der Waals surface area contributed by atoms with Crippen LogP contribution in [0.1, 0.15) is 0 Å². The van der Waals surface area contributed by atoms with Gasteiger partial charge in [-0.25, -0.2) is 0 Å². The van der Waals surface area contributed by atoms with Gasteiger partial charge in [0.2, 0.25) is 0 Å². The van der Waals surface area contributed by atoms with Crippen molar-refractivity contribution in [3.8, 4) is 5.75 Å². The standard InChI is InChI=1S/C42H28N2OTe2/c45-32-26-30(43(28-13-3-1-4-14-28)37-21-11-19-35-33-17-7-9-23-39(33)46-41(35)37)25-31(27-32)44(29-15-5-2-6-16-29)38-22-12-20-36-34-18-8-10-24-40(34)47-42(36)38/h1-27,45H. The summed E-state index contributed by atoms with van der Waals surface area (Å²) in [5.74, 6) is 0.235. The van der Waals surface area contributed by atoms with E-state index in [2.05, 4.69) is 161 Å². The molecule has 0 fully saturated rings. The van der Waals surface area contributed by atoms with E-state index in [1.54, 1.807) is 0 Å². The Morgan fingerprint density at radius 3 is 1.23 bits per heavy atom. The number of phenols is 1. The summed E-state index contributed by atoms with van der Waals surface area (Å²) in [6, 6.07) is 58.2. The fraction of sp³-hybridized carbons (Fsp3) is 0. The average molecular weight is 832 g/mol. The van der Waals surface area contributed by atoms with Gasteiger partial charge in [0.1, 0.15) is 0 Å². The first kappa shape index (κ1) is 28.7. The Kier molecular flexibility index (Phi) is 7.30. The molecule has 224 valence electrons. The molecule has 47 heavy (non-hydrogen) atoms. The number of aromatic hydroxyl groups is 1. The molecule has 0 spiro atoms. The summed E-state index contributed by atoms with van der Waals surface area (Å²) in [6.45, 7) is 0. The Morgan fingerprint density at radius 2 is 0.766 bits per heavy atom. The van der Waals surface area contributed by atoms with Gasteiger partial charge in [0.15, 0.2) is 0 Å². The third kappa shape index (κ3) is 5.03. The van der Waals surface area contributed by atoms with Gasteiger partial charge in [-0.2, -0.15) is 0 Å². The normalized spacial score (nSPS) is 11.5. The summed E-state index contributed by atoms with van der Waals surface area (Å²) in [6.07, 6.45) is 0. The maximum atomic E-state index is 11.5. The van der Waals surface area contributed by atoms with Crippen molar-refractivity contribution in [2.24, 2.45) is 0 Å². The van der Waals surface area contributed by atoms with Crippen LogP contribution in [0.2, 0.25) is 0 Å². The molecule has 1 N–H and O–H groups in total.